The van der Waals surface area contributed by atoms with E-state index in [0.29, 0.717) is 0 Å². The van der Waals surface area contributed by atoms with Crippen molar-refractivity contribution in [2.24, 2.45) is 0 Å². The Labute approximate surface area is 351 Å². The standard InChI is InChI=1S/C34H58N2O26/c1-8(42)35-15-21(48)26(59-33-25(52)29(20(47)13(6-40)56-33)62-32-23(50)22(49)17(44)10(3-37)55-32)14(7-41)58-31(15)61-28-19(46)12(5-39)57-34(24(28)51)60-27-16(36-9(2)43)30(53)54-11(4-38)18(27)45/h10-34,37-41,44-53H,3-7H2,1-2H3,(H,35,42)(H,36,43)/t10-,11-,12-,13-,14-,15-,16-,17+,18+,19+,20+,21-,22+,23-,24-,25-,26-,27-,28+,29+,30?,31+,32-,33+,34+/m1/s1. The minimum Gasteiger partial charge on any atom is -0.394 e. The molecular weight excluding hydrogens is 852 g/mol. The average Bonchev–Trinajstić information content (AvgIpc) is 3.23. The summed E-state index contributed by atoms with van der Waals surface area (Å²) in [7, 11) is 0. The highest BCUT2D eigenvalue weighted by Crippen LogP contribution is 2.35. The third-order valence-corrected chi connectivity index (χ3v) is 11.1. The van der Waals surface area contributed by atoms with E-state index in [1.54, 1.807) is 0 Å². The summed E-state index contributed by atoms with van der Waals surface area (Å²) in [5.74, 6) is -1.54. The fraction of sp³-hybridized carbons (Fsp3) is 0.941. The predicted molar refractivity (Wildman–Crippen MR) is 190 cm³/mol. The number of nitrogens with one attached hydrogen (secondary N) is 2. The number of rotatable bonds is 15. The van der Waals surface area contributed by atoms with Gasteiger partial charge in [-0.3, -0.25) is 9.59 Å². The summed E-state index contributed by atoms with van der Waals surface area (Å²) in [5, 5.41) is 163. The van der Waals surface area contributed by atoms with Gasteiger partial charge in [-0.2, -0.15) is 0 Å². The van der Waals surface area contributed by atoms with E-state index in [4.69, 9.17) is 42.6 Å². The van der Waals surface area contributed by atoms with Gasteiger partial charge in [0.1, 0.15) is 122 Å². The zero-order valence-electron chi connectivity index (χ0n) is 33.2. The van der Waals surface area contributed by atoms with Crippen LogP contribution in [0.25, 0.3) is 0 Å². The molecule has 5 fully saturated rings. The van der Waals surface area contributed by atoms with Crippen LogP contribution in [0.1, 0.15) is 13.8 Å². The second-order valence-corrected chi connectivity index (χ2v) is 15.4. The summed E-state index contributed by atoms with van der Waals surface area (Å²) < 4.78 is 50.5. The number of carbonyl (C=O) groups excluding carboxylic acids is 2. The number of hydrogen-bond acceptors (Lipinski definition) is 26. The highest BCUT2D eigenvalue weighted by molar-refractivity contribution is 5.73. The fourth-order valence-corrected chi connectivity index (χ4v) is 7.83. The third-order valence-electron chi connectivity index (χ3n) is 11.1. The lowest BCUT2D eigenvalue weighted by Gasteiger charge is -2.50. The monoisotopic (exact) mass is 910 g/mol. The molecule has 5 heterocycles. The molecule has 0 saturated carbocycles. The Bertz CT molecular complexity index is 1440. The van der Waals surface area contributed by atoms with E-state index in [2.05, 4.69) is 10.6 Å². The number of ether oxygens (including phenoxy) is 9. The molecule has 5 rings (SSSR count). The summed E-state index contributed by atoms with van der Waals surface area (Å²) in [5.41, 5.74) is 0. The van der Waals surface area contributed by atoms with Gasteiger partial charge in [0.15, 0.2) is 31.5 Å². The van der Waals surface area contributed by atoms with E-state index in [9.17, 15) is 86.2 Å². The van der Waals surface area contributed by atoms with Crippen LogP contribution in [0.5, 0.6) is 0 Å². The topological polar surface area (TPSA) is 445 Å². The Kier molecular flexibility index (Phi) is 18.1. The smallest absolute Gasteiger partial charge is 0.217 e. The van der Waals surface area contributed by atoms with Crippen LogP contribution in [0.15, 0.2) is 0 Å². The van der Waals surface area contributed by atoms with E-state index < -0.39 is 198 Å². The largest absolute Gasteiger partial charge is 0.394 e. The molecule has 0 radical (unpaired) electrons. The van der Waals surface area contributed by atoms with Crippen LogP contribution >= 0.6 is 0 Å². The van der Waals surface area contributed by atoms with Gasteiger partial charge >= 0.3 is 0 Å². The molecule has 1 unspecified atom stereocenters. The Morgan fingerprint density at radius 2 is 0.742 bits per heavy atom. The highest BCUT2D eigenvalue weighted by Gasteiger charge is 2.57. The molecule has 17 N–H and O–H groups in total. The van der Waals surface area contributed by atoms with Crippen LogP contribution in [-0.2, 0) is 52.2 Å². The number of hydrogen-bond donors (Lipinski definition) is 17. The molecule has 0 aromatic rings. The van der Waals surface area contributed by atoms with Gasteiger partial charge in [0, 0.05) is 13.8 Å². The molecule has 0 spiro atoms. The van der Waals surface area contributed by atoms with Gasteiger partial charge in [-0.1, -0.05) is 0 Å². The average molecular weight is 911 g/mol. The van der Waals surface area contributed by atoms with Crippen molar-refractivity contribution in [2.45, 2.75) is 167 Å². The lowest BCUT2D eigenvalue weighted by atomic mass is 9.94. The first-order valence-corrected chi connectivity index (χ1v) is 19.6. The Hall–Kier alpha value is -2.02. The first-order chi connectivity index (χ1) is 29.3. The lowest BCUT2D eigenvalue weighted by molar-refractivity contribution is -0.384. The molecule has 0 aromatic carbocycles. The Morgan fingerprint density at radius 1 is 0.387 bits per heavy atom. The summed E-state index contributed by atoms with van der Waals surface area (Å²) in [6.45, 7) is -2.51. The van der Waals surface area contributed by atoms with E-state index in [1.165, 1.54) is 0 Å². The van der Waals surface area contributed by atoms with Gasteiger partial charge in [0.05, 0.1) is 33.0 Å². The first kappa shape index (κ1) is 51.0. The minimum atomic E-state index is -2.11. The van der Waals surface area contributed by atoms with E-state index in [0.717, 1.165) is 13.8 Å². The molecule has 5 aliphatic heterocycles. The van der Waals surface area contributed by atoms with Crippen molar-refractivity contribution in [1.29, 1.82) is 0 Å². The highest BCUT2D eigenvalue weighted by atomic mass is 16.8. The van der Waals surface area contributed by atoms with E-state index >= 15 is 0 Å². The van der Waals surface area contributed by atoms with Crippen LogP contribution in [0.3, 0.4) is 0 Å². The normalized spacial score (nSPS) is 49.0. The predicted octanol–water partition coefficient (Wildman–Crippen LogP) is -11.6. The summed E-state index contributed by atoms with van der Waals surface area (Å²) in [6, 6.07) is -3.27. The van der Waals surface area contributed by atoms with Crippen LogP contribution in [0.2, 0.25) is 0 Å². The number of aliphatic hydroxyl groups is 15. The molecule has 28 nitrogen and oxygen atoms in total. The molecule has 0 aliphatic carbocycles. The Balaban J connectivity index is 1.37. The van der Waals surface area contributed by atoms with Gasteiger partial charge in [0.25, 0.3) is 0 Å². The van der Waals surface area contributed by atoms with E-state index in [1.807, 2.05) is 0 Å². The number of amides is 2. The molecule has 5 aliphatic rings. The molecule has 28 heteroatoms. The van der Waals surface area contributed by atoms with Crippen molar-refractivity contribution < 1.29 is 129 Å². The van der Waals surface area contributed by atoms with Crippen molar-refractivity contribution >= 4 is 11.8 Å². The van der Waals surface area contributed by atoms with Gasteiger partial charge in [-0.15, -0.1) is 0 Å². The van der Waals surface area contributed by atoms with Gasteiger partial charge in [0.2, 0.25) is 11.8 Å². The van der Waals surface area contributed by atoms with Gasteiger partial charge < -0.3 is 130 Å². The summed E-state index contributed by atoms with van der Waals surface area (Å²) in [4.78, 5) is 24.4. The maximum Gasteiger partial charge on any atom is 0.217 e. The zero-order chi connectivity index (χ0) is 45.9. The van der Waals surface area contributed by atoms with E-state index in [-0.39, 0.29) is 0 Å². The fourth-order valence-electron chi connectivity index (χ4n) is 7.83. The second kappa shape index (κ2) is 22.0. The van der Waals surface area contributed by atoms with Crippen molar-refractivity contribution in [3.05, 3.63) is 0 Å². The quantitative estimate of drug-likeness (QED) is 0.0725. The third kappa shape index (κ3) is 10.8. The molecular formula is C34H58N2O26. The van der Waals surface area contributed by atoms with Crippen molar-refractivity contribution in [1.82, 2.24) is 10.6 Å². The molecule has 25 atom stereocenters. The SMILES string of the molecule is CC(=O)N[C@H]1[C@H](O[C@H]2[C@@H](O)[C@@H](CO)O[C@@H](O[C@H]3[C@@H](O)[C@@H](CO)OC(O)[C@@H]3NC(C)=O)[C@@H]2O)O[C@H](CO)[C@@H](O[C@@H]2O[C@H](CO)[C@H](O)[C@H](O[C@H]3O[C@H](CO)[C@H](O)[C@H](O)[C@H]3O)[C@H]2O)[C@@H]1O. The summed E-state index contributed by atoms with van der Waals surface area (Å²) in [6.07, 6.45) is -42.4. The number of carbonyl (C=O) groups is 2. The van der Waals surface area contributed by atoms with Crippen LogP contribution in [0.4, 0.5) is 0 Å². The van der Waals surface area contributed by atoms with Crippen molar-refractivity contribution in [2.75, 3.05) is 33.0 Å². The maximum absolute atomic E-state index is 12.5. The zero-order valence-corrected chi connectivity index (χ0v) is 33.2. The maximum atomic E-state index is 12.5. The number of aliphatic hydroxyl groups excluding tert-OH is 15. The van der Waals surface area contributed by atoms with Gasteiger partial charge in [-0.25, -0.2) is 0 Å². The molecule has 360 valence electrons. The minimum absolute atomic E-state index is 0.717. The van der Waals surface area contributed by atoms with Crippen LogP contribution < -0.4 is 10.6 Å². The molecule has 0 aromatic heterocycles. The molecule has 0 bridgehead atoms. The van der Waals surface area contributed by atoms with Crippen molar-refractivity contribution in [3.63, 3.8) is 0 Å². The second-order valence-electron chi connectivity index (χ2n) is 15.4. The Morgan fingerprint density at radius 3 is 1.21 bits per heavy atom. The van der Waals surface area contributed by atoms with Crippen LogP contribution in [-0.4, -0.2) is 275 Å². The molecule has 5 saturated heterocycles. The molecule has 2 amide bonds. The molecule has 62 heavy (non-hydrogen) atoms. The lowest BCUT2D eigenvalue weighted by Crippen LogP contribution is -2.70. The first-order valence-electron chi connectivity index (χ1n) is 19.6. The van der Waals surface area contributed by atoms with Gasteiger partial charge in [-0.05, 0) is 0 Å². The van der Waals surface area contributed by atoms with Crippen LogP contribution in [0, 0.1) is 0 Å². The summed E-state index contributed by atoms with van der Waals surface area (Å²) >= 11 is 0. The van der Waals surface area contributed by atoms with Crippen molar-refractivity contribution in [3.8, 4) is 0 Å².